The van der Waals surface area contributed by atoms with Crippen molar-refractivity contribution in [1.29, 1.82) is 0 Å². The summed E-state index contributed by atoms with van der Waals surface area (Å²) in [7, 11) is -4.02. The highest BCUT2D eigenvalue weighted by Crippen LogP contribution is 2.21. The van der Waals surface area contributed by atoms with Gasteiger partial charge in [-0.2, -0.15) is 13.2 Å². The molecule has 0 atom stereocenters. The zero-order valence-corrected chi connectivity index (χ0v) is 12.7. The van der Waals surface area contributed by atoms with Gasteiger partial charge in [-0.15, -0.1) is 0 Å². The van der Waals surface area contributed by atoms with Gasteiger partial charge in [-0.05, 0) is 23.8 Å². The first-order chi connectivity index (χ1) is 10.8. The maximum atomic E-state index is 12.1. The van der Waals surface area contributed by atoms with Crippen LogP contribution in [0.5, 0.6) is 0 Å². The number of sulfonamides is 1. The SMILES string of the molecule is O=S(=O)(CCC(F)(F)F)NCc1cccnc1-c1ccncc1. The smallest absolute Gasteiger partial charge is 0.265 e. The van der Waals surface area contributed by atoms with Crippen molar-refractivity contribution in [2.45, 2.75) is 19.1 Å². The number of rotatable bonds is 6. The summed E-state index contributed by atoms with van der Waals surface area (Å²) in [6, 6.07) is 6.72. The number of pyridine rings is 2. The average Bonchev–Trinajstić information content (AvgIpc) is 2.52. The highest BCUT2D eigenvalue weighted by atomic mass is 32.2. The van der Waals surface area contributed by atoms with Gasteiger partial charge >= 0.3 is 6.18 Å². The first-order valence-corrected chi connectivity index (χ1v) is 8.30. The van der Waals surface area contributed by atoms with E-state index < -0.39 is 28.4 Å². The van der Waals surface area contributed by atoms with Gasteiger partial charge < -0.3 is 0 Å². The predicted octanol–water partition coefficient (Wildman–Crippen LogP) is 2.52. The van der Waals surface area contributed by atoms with Crippen LogP contribution in [0.15, 0.2) is 42.9 Å². The molecule has 0 aliphatic rings. The minimum Gasteiger partial charge on any atom is -0.265 e. The van der Waals surface area contributed by atoms with Gasteiger partial charge in [0.2, 0.25) is 10.0 Å². The van der Waals surface area contributed by atoms with E-state index >= 15 is 0 Å². The van der Waals surface area contributed by atoms with Gasteiger partial charge in [0, 0.05) is 30.7 Å². The Bertz CT molecular complexity index is 749. The summed E-state index contributed by atoms with van der Waals surface area (Å²) in [5.74, 6) is -0.999. The van der Waals surface area contributed by atoms with Crippen molar-refractivity contribution in [3.8, 4) is 11.3 Å². The van der Waals surface area contributed by atoms with E-state index in [1.54, 1.807) is 42.9 Å². The first kappa shape index (κ1) is 17.4. The first-order valence-electron chi connectivity index (χ1n) is 6.65. The topological polar surface area (TPSA) is 72.0 Å². The average molecular weight is 345 g/mol. The number of halogens is 3. The van der Waals surface area contributed by atoms with Crippen LogP contribution >= 0.6 is 0 Å². The Morgan fingerprint density at radius 3 is 2.43 bits per heavy atom. The lowest BCUT2D eigenvalue weighted by Crippen LogP contribution is -2.28. The molecule has 2 rings (SSSR count). The van der Waals surface area contributed by atoms with Crippen LogP contribution in [0, 0.1) is 0 Å². The quantitative estimate of drug-likeness (QED) is 0.873. The fourth-order valence-corrected chi connectivity index (χ4v) is 2.88. The third-order valence-electron chi connectivity index (χ3n) is 2.98. The lowest BCUT2D eigenvalue weighted by Gasteiger charge is -2.11. The number of aromatic nitrogens is 2. The molecular formula is C14H14F3N3O2S. The number of alkyl halides is 3. The Morgan fingerprint density at radius 1 is 1.09 bits per heavy atom. The van der Waals surface area contributed by atoms with E-state index in [-0.39, 0.29) is 6.54 Å². The molecule has 124 valence electrons. The number of hydrogen-bond donors (Lipinski definition) is 1. The minimum atomic E-state index is -4.51. The molecule has 9 heteroatoms. The normalized spacial score (nSPS) is 12.3. The van der Waals surface area contributed by atoms with E-state index in [2.05, 4.69) is 14.7 Å². The minimum absolute atomic E-state index is 0.133. The molecule has 0 spiro atoms. The third kappa shape index (κ3) is 5.61. The van der Waals surface area contributed by atoms with Crippen LogP contribution in [0.25, 0.3) is 11.3 Å². The molecule has 0 saturated heterocycles. The molecule has 2 heterocycles. The molecule has 2 aromatic heterocycles. The fraction of sp³-hybridized carbons (Fsp3) is 0.286. The monoisotopic (exact) mass is 345 g/mol. The van der Waals surface area contributed by atoms with Crippen LogP contribution in [0.2, 0.25) is 0 Å². The molecule has 0 unspecified atom stereocenters. The number of hydrogen-bond acceptors (Lipinski definition) is 4. The summed E-state index contributed by atoms with van der Waals surface area (Å²) in [5, 5.41) is 0. The van der Waals surface area contributed by atoms with E-state index in [0.717, 1.165) is 5.56 Å². The Morgan fingerprint density at radius 2 is 1.78 bits per heavy atom. The van der Waals surface area contributed by atoms with E-state index in [1.807, 2.05) is 0 Å². The molecule has 1 N–H and O–H groups in total. The second kappa shape index (κ2) is 7.05. The van der Waals surface area contributed by atoms with Crippen LogP contribution in [0.4, 0.5) is 13.2 Å². The Kier molecular flexibility index (Phi) is 5.32. The number of nitrogens with zero attached hydrogens (tertiary/aromatic N) is 2. The molecule has 5 nitrogen and oxygen atoms in total. The predicted molar refractivity (Wildman–Crippen MR) is 78.8 cm³/mol. The number of nitrogens with one attached hydrogen (secondary N) is 1. The summed E-state index contributed by atoms with van der Waals surface area (Å²) in [5.41, 5.74) is 1.85. The van der Waals surface area contributed by atoms with Crippen molar-refractivity contribution in [1.82, 2.24) is 14.7 Å². The van der Waals surface area contributed by atoms with E-state index in [0.29, 0.717) is 11.3 Å². The maximum Gasteiger partial charge on any atom is 0.390 e. The van der Waals surface area contributed by atoms with Gasteiger partial charge in [0.25, 0.3) is 0 Å². The van der Waals surface area contributed by atoms with Crippen molar-refractivity contribution < 1.29 is 21.6 Å². The van der Waals surface area contributed by atoms with E-state index in [4.69, 9.17) is 0 Å². The molecule has 0 aliphatic heterocycles. The van der Waals surface area contributed by atoms with Crippen molar-refractivity contribution in [3.63, 3.8) is 0 Å². The molecule has 23 heavy (non-hydrogen) atoms. The Balaban J connectivity index is 2.10. The summed E-state index contributed by atoms with van der Waals surface area (Å²) >= 11 is 0. The largest absolute Gasteiger partial charge is 0.390 e. The maximum absolute atomic E-state index is 12.1. The second-order valence-corrected chi connectivity index (χ2v) is 6.68. The molecule has 0 radical (unpaired) electrons. The van der Waals surface area contributed by atoms with E-state index in [1.165, 1.54) is 0 Å². The standard InChI is InChI=1S/C14H14F3N3O2S/c15-14(16,17)5-9-23(21,22)20-10-12-2-1-6-19-13(12)11-3-7-18-8-4-11/h1-4,6-8,20H,5,9-10H2. The Labute approximate surface area is 131 Å². The van der Waals surface area contributed by atoms with Crippen LogP contribution in [-0.4, -0.2) is 30.3 Å². The van der Waals surface area contributed by atoms with Gasteiger partial charge in [-0.25, -0.2) is 13.1 Å². The molecule has 0 aliphatic carbocycles. The lowest BCUT2D eigenvalue weighted by atomic mass is 10.1. The second-order valence-electron chi connectivity index (χ2n) is 4.75. The van der Waals surface area contributed by atoms with Crippen LogP contribution in [0.3, 0.4) is 0 Å². The molecule has 2 aromatic rings. The van der Waals surface area contributed by atoms with Gasteiger partial charge in [0.15, 0.2) is 0 Å². The summed E-state index contributed by atoms with van der Waals surface area (Å²) in [6.07, 6.45) is -1.20. The van der Waals surface area contributed by atoms with Gasteiger partial charge in [0.1, 0.15) is 0 Å². The van der Waals surface area contributed by atoms with Crippen LogP contribution in [-0.2, 0) is 16.6 Å². The molecule has 0 aromatic carbocycles. The van der Waals surface area contributed by atoms with Crippen LogP contribution < -0.4 is 4.72 Å². The summed E-state index contributed by atoms with van der Waals surface area (Å²) < 4.78 is 61.9. The zero-order chi connectivity index (χ0) is 16.9. The van der Waals surface area contributed by atoms with Crippen molar-refractivity contribution in [2.24, 2.45) is 0 Å². The highest BCUT2D eigenvalue weighted by molar-refractivity contribution is 7.89. The Hall–Kier alpha value is -2.00. The molecule has 0 saturated carbocycles. The van der Waals surface area contributed by atoms with Crippen molar-refractivity contribution in [3.05, 3.63) is 48.4 Å². The van der Waals surface area contributed by atoms with Crippen LogP contribution in [0.1, 0.15) is 12.0 Å². The van der Waals surface area contributed by atoms with Crippen molar-refractivity contribution >= 4 is 10.0 Å². The summed E-state index contributed by atoms with van der Waals surface area (Å²) in [6.45, 7) is -0.133. The highest BCUT2D eigenvalue weighted by Gasteiger charge is 2.29. The van der Waals surface area contributed by atoms with Gasteiger partial charge in [-0.3, -0.25) is 9.97 Å². The summed E-state index contributed by atoms with van der Waals surface area (Å²) in [4.78, 5) is 8.08. The van der Waals surface area contributed by atoms with Gasteiger partial charge in [-0.1, -0.05) is 6.07 Å². The van der Waals surface area contributed by atoms with E-state index in [9.17, 15) is 21.6 Å². The fourth-order valence-electron chi connectivity index (χ4n) is 1.86. The zero-order valence-electron chi connectivity index (χ0n) is 11.9. The third-order valence-corrected chi connectivity index (χ3v) is 4.31. The van der Waals surface area contributed by atoms with Crippen molar-refractivity contribution in [2.75, 3.05) is 5.75 Å². The lowest BCUT2D eigenvalue weighted by molar-refractivity contribution is -0.129. The molecular weight excluding hydrogens is 331 g/mol. The molecule has 0 fully saturated rings. The molecule has 0 amide bonds. The molecule has 0 bridgehead atoms. The van der Waals surface area contributed by atoms with Gasteiger partial charge in [0.05, 0.1) is 17.9 Å².